The zero-order valence-electron chi connectivity index (χ0n) is 10.4. The summed E-state index contributed by atoms with van der Waals surface area (Å²) in [6.07, 6.45) is 2.21. The van der Waals surface area contributed by atoms with Crippen LogP contribution in [-0.2, 0) is 4.74 Å². The van der Waals surface area contributed by atoms with Crippen LogP contribution in [0.3, 0.4) is 0 Å². The minimum absolute atomic E-state index is 0.0929. The highest BCUT2D eigenvalue weighted by molar-refractivity contribution is 5.32. The van der Waals surface area contributed by atoms with Gasteiger partial charge < -0.3 is 10.5 Å². The molecule has 0 amide bonds. The Morgan fingerprint density at radius 1 is 1.44 bits per heavy atom. The largest absolute Gasteiger partial charge is 0.381 e. The van der Waals surface area contributed by atoms with Crippen molar-refractivity contribution in [3.05, 3.63) is 17.3 Å². The molecule has 2 aliphatic heterocycles. The van der Waals surface area contributed by atoms with Crippen molar-refractivity contribution in [1.29, 1.82) is 0 Å². The lowest BCUT2D eigenvalue weighted by Crippen LogP contribution is -2.43. The number of rotatable bonds is 1. The fraction of sp³-hybridized carbons (Fsp3) is 0.667. The van der Waals surface area contributed by atoms with Crippen LogP contribution < -0.4 is 5.73 Å². The van der Waals surface area contributed by atoms with Crippen molar-refractivity contribution in [3.63, 3.8) is 0 Å². The number of aromatic nitrogens is 2. The predicted octanol–water partition coefficient (Wildman–Crippen LogP) is 1.04. The van der Waals surface area contributed by atoms with Gasteiger partial charge in [0.25, 0.3) is 0 Å². The van der Waals surface area contributed by atoms with Gasteiger partial charge in [-0.25, -0.2) is 14.4 Å². The smallest absolute Gasteiger partial charge is 0.186 e. The number of aryl methyl sites for hydroxylation is 1. The van der Waals surface area contributed by atoms with E-state index >= 15 is 0 Å². The zero-order chi connectivity index (χ0) is 12.7. The molecule has 98 valence electrons. The summed E-state index contributed by atoms with van der Waals surface area (Å²) in [5.41, 5.74) is 5.82. The van der Waals surface area contributed by atoms with Crippen molar-refractivity contribution < 1.29 is 9.13 Å². The molecule has 6 heteroatoms. The minimum atomic E-state index is -0.534. The average molecular weight is 252 g/mol. The number of ether oxygens (including phenoxy) is 1. The van der Waals surface area contributed by atoms with Gasteiger partial charge in [0, 0.05) is 12.6 Å². The number of anilines is 1. The van der Waals surface area contributed by atoms with Crippen LogP contribution in [-0.4, -0.2) is 40.6 Å². The number of nitrogens with two attached hydrogens (primary N) is 1. The predicted molar refractivity (Wildman–Crippen MR) is 64.4 cm³/mol. The number of morpholine rings is 1. The lowest BCUT2D eigenvalue weighted by molar-refractivity contribution is -0.0541. The van der Waals surface area contributed by atoms with Crippen molar-refractivity contribution in [3.8, 4) is 0 Å². The van der Waals surface area contributed by atoms with Crippen molar-refractivity contribution in [1.82, 2.24) is 14.9 Å². The maximum Gasteiger partial charge on any atom is 0.186 e. The summed E-state index contributed by atoms with van der Waals surface area (Å²) in [6.45, 7) is 4.16. The Labute approximate surface area is 105 Å². The first-order valence-electron chi connectivity index (χ1n) is 6.30. The van der Waals surface area contributed by atoms with Gasteiger partial charge in [-0.05, 0) is 26.3 Å². The molecule has 0 spiro atoms. The number of fused-ring (bicyclic) bond motifs is 1. The number of nitrogen functional groups attached to an aromatic ring is 1. The molecule has 1 aromatic rings. The van der Waals surface area contributed by atoms with Crippen LogP contribution in [0.25, 0.3) is 0 Å². The Morgan fingerprint density at radius 3 is 3.06 bits per heavy atom. The summed E-state index contributed by atoms with van der Waals surface area (Å²) in [7, 11) is 0. The summed E-state index contributed by atoms with van der Waals surface area (Å²) in [6, 6.07) is 0.528. The Hall–Kier alpha value is -1.27. The van der Waals surface area contributed by atoms with Crippen LogP contribution in [0.2, 0.25) is 0 Å². The van der Waals surface area contributed by atoms with E-state index in [1.165, 1.54) is 12.8 Å². The Kier molecular flexibility index (Phi) is 2.91. The van der Waals surface area contributed by atoms with Gasteiger partial charge >= 0.3 is 0 Å². The monoisotopic (exact) mass is 252 g/mol. The van der Waals surface area contributed by atoms with E-state index < -0.39 is 5.82 Å². The summed E-state index contributed by atoms with van der Waals surface area (Å²) in [4.78, 5) is 10.6. The summed E-state index contributed by atoms with van der Waals surface area (Å²) >= 11 is 0. The number of hydrogen-bond donors (Lipinski definition) is 1. The van der Waals surface area contributed by atoms with Crippen LogP contribution in [0.15, 0.2) is 0 Å². The maximum atomic E-state index is 13.4. The van der Waals surface area contributed by atoms with Crippen LogP contribution in [0.4, 0.5) is 10.2 Å². The molecule has 5 nitrogen and oxygen atoms in total. The topological polar surface area (TPSA) is 64.3 Å². The molecule has 0 bridgehead atoms. The lowest BCUT2D eigenvalue weighted by atomic mass is 10.2. The number of hydrogen-bond acceptors (Lipinski definition) is 5. The standard InChI is InChI=1S/C12H17FN4O/c1-7-10(13)11(14)16-12(15-7)9-5-17-4-2-3-8(17)6-18-9/h8-9H,2-6H2,1H3,(H2,14,15,16). The van der Waals surface area contributed by atoms with Crippen molar-refractivity contribution >= 4 is 5.82 Å². The molecular formula is C12H17FN4O. The van der Waals surface area contributed by atoms with Crippen molar-refractivity contribution in [2.24, 2.45) is 0 Å². The van der Waals surface area contributed by atoms with Gasteiger partial charge in [-0.1, -0.05) is 0 Å². The molecule has 2 unspecified atom stereocenters. The summed E-state index contributed by atoms with van der Waals surface area (Å²) in [5, 5.41) is 0. The third kappa shape index (κ3) is 1.95. The van der Waals surface area contributed by atoms with Crippen LogP contribution >= 0.6 is 0 Å². The summed E-state index contributed by atoms with van der Waals surface area (Å²) < 4.78 is 19.2. The van der Waals surface area contributed by atoms with Gasteiger partial charge in [0.2, 0.25) is 0 Å². The molecule has 3 rings (SSSR count). The van der Waals surface area contributed by atoms with E-state index in [9.17, 15) is 4.39 Å². The van der Waals surface area contributed by atoms with E-state index in [0.29, 0.717) is 18.5 Å². The number of halogens is 1. The zero-order valence-corrected chi connectivity index (χ0v) is 10.4. The molecule has 2 fully saturated rings. The molecule has 3 heterocycles. The molecule has 0 aromatic carbocycles. The van der Waals surface area contributed by atoms with Crippen LogP contribution in [0.1, 0.15) is 30.5 Å². The Morgan fingerprint density at radius 2 is 2.28 bits per heavy atom. The third-order valence-electron chi connectivity index (χ3n) is 3.74. The van der Waals surface area contributed by atoms with Gasteiger partial charge in [-0.15, -0.1) is 0 Å². The van der Waals surface area contributed by atoms with Crippen molar-refractivity contribution in [2.75, 3.05) is 25.4 Å². The molecule has 2 N–H and O–H groups in total. The molecule has 2 aliphatic rings. The van der Waals surface area contributed by atoms with Crippen molar-refractivity contribution in [2.45, 2.75) is 31.9 Å². The van der Waals surface area contributed by atoms with E-state index in [1.807, 2.05) is 0 Å². The van der Waals surface area contributed by atoms with Crippen LogP contribution in [0.5, 0.6) is 0 Å². The SMILES string of the molecule is Cc1nc(C2CN3CCCC3CO2)nc(N)c1F. The first-order valence-corrected chi connectivity index (χ1v) is 6.30. The third-order valence-corrected chi connectivity index (χ3v) is 3.74. The van der Waals surface area contributed by atoms with Gasteiger partial charge in [-0.3, -0.25) is 4.90 Å². The summed E-state index contributed by atoms with van der Waals surface area (Å²) in [5.74, 6) is -0.130. The molecule has 18 heavy (non-hydrogen) atoms. The minimum Gasteiger partial charge on any atom is -0.381 e. The van der Waals surface area contributed by atoms with E-state index in [2.05, 4.69) is 14.9 Å². The molecule has 1 aromatic heterocycles. The first-order chi connectivity index (χ1) is 8.65. The highest BCUT2D eigenvalue weighted by Gasteiger charge is 2.34. The molecule has 0 saturated carbocycles. The molecule has 0 aliphatic carbocycles. The van der Waals surface area contributed by atoms with E-state index in [1.54, 1.807) is 6.92 Å². The van der Waals surface area contributed by atoms with E-state index in [-0.39, 0.29) is 17.6 Å². The Balaban J connectivity index is 1.83. The second-order valence-electron chi connectivity index (χ2n) is 4.98. The van der Waals surface area contributed by atoms with Gasteiger partial charge in [0.1, 0.15) is 6.10 Å². The van der Waals surface area contributed by atoms with E-state index in [4.69, 9.17) is 10.5 Å². The fourth-order valence-electron chi connectivity index (χ4n) is 2.72. The molecule has 0 radical (unpaired) electrons. The normalized spacial score (nSPS) is 28.3. The van der Waals surface area contributed by atoms with E-state index in [0.717, 1.165) is 13.1 Å². The highest BCUT2D eigenvalue weighted by Crippen LogP contribution is 2.29. The Bertz CT molecular complexity index is 444. The highest BCUT2D eigenvalue weighted by atomic mass is 19.1. The molecule has 2 atom stereocenters. The second-order valence-corrected chi connectivity index (χ2v) is 4.98. The number of nitrogens with zero attached hydrogens (tertiary/aromatic N) is 3. The first kappa shape index (κ1) is 11.8. The quantitative estimate of drug-likeness (QED) is 0.809. The van der Waals surface area contributed by atoms with Gasteiger partial charge in [0.15, 0.2) is 17.5 Å². The fourth-order valence-corrected chi connectivity index (χ4v) is 2.72. The molecular weight excluding hydrogens is 235 g/mol. The molecule has 2 saturated heterocycles. The lowest BCUT2D eigenvalue weighted by Gasteiger charge is -2.34. The second kappa shape index (κ2) is 4.44. The van der Waals surface area contributed by atoms with Crippen LogP contribution in [0, 0.1) is 12.7 Å². The van der Waals surface area contributed by atoms with Gasteiger partial charge in [-0.2, -0.15) is 0 Å². The maximum absolute atomic E-state index is 13.4. The van der Waals surface area contributed by atoms with Gasteiger partial charge in [0.05, 0.1) is 12.3 Å². The average Bonchev–Trinajstić information content (AvgIpc) is 2.82.